The molecule has 5 heteroatoms. The van der Waals surface area contributed by atoms with E-state index in [9.17, 15) is 9.90 Å². The Kier molecular flexibility index (Phi) is 4.15. The van der Waals surface area contributed by atoms with E-state index in [2.05, 4.69) is 5.32 Å². The van der Waals surface area contributed by atoms with Crippen molar-refractivity contribution in [2.45, 2.75) is 70.7 Å². The van der Waals surface area contributed by atoms with E-state index in [4.69, 9.17) is 10.5 Å². The first-order valence-corrected chi connectivity index (χ1v) is 7.60. The van der Waals surface area contributed by atoms with Crippen molar-refractivity contribution in [1.29, 1.82) is 0 Å². The van der Waals surface area contributed by atoms with E-state index in [-0.39, 0.29) is 29.4 Å². The molecule has 1 amide bonds. The third kappa shape index (κ3) is 2.26. The van der Waals surface area contributed by atoms with E-state index in [0.29, 0.717) is 6.42 Å². The number of nitrogens with one attached hydrogen (secondary N) is 1. The van der Waals surface area contributed by atoms with Crippen molar-refractivity contribution in [3.8, 4) is 0 Å². The zero-order valence-corrected chi connectivity index (χ0v) is 13.0. The number of amides is 1. The van der Waals surface area contributed by atoms with Gasteiger partial charge in [-0.2, -0.15) is 0 Å². The van der Waals surface area contributed by atoms with Crippen molar-refractivity contribution in [3.05, 3.63) is 0 Å². The van der Waals surface area contributed by atoms with Gasteiger partial charge in [0.2, 0.25) is 5.91 Å². The monoisotopic (exact) mass is 284 g/mol. The fourth-order valence-electron chi connectivity index (χ4n) is 3.95. The molecule has 1 aliphatic heterocycles. The van der Waals surface area contributed by atoms with Gasteiger partial charge in [-0.1, -0.05) is 13.8 Å². The molecule has 5 nitrogen and oxygen atoms in total. The lowest BCUT2D eigenvalue weighted by Gasteiger charge is -2.65. The molecule has 0 aromatic rings. The van der Waals surface area contributed by atoms with Crippen molar-refractivity contribution in [1.82, 2.24) is 5.32 Å². The summed E-state index contributed by atoms with van der Waals surface area (Å²) >= 11 is 0. The maximum absolute atomic E-state index is 12.6. The van der Waals surface area contributed by atoms with E-state index >= 15 is 0 Å². The molecular formula is C15H28N2O3. The Balaban J connectivity index is 2.07. The van der Waals surface area contributed by atoms with E-state index in [1.165, 1.54) is 0 Å². The highest BCUT2D eigenvalue weighted by Crippen LogP contribution is 2.57. The molecule has 1 aliphatic carbocycles. The van der Waals surface area contributed by atoms with E-state index in [1.807, 2.05) is 20.8 Å². The van der Waals surface area contributed by atoms with E-state index < -0.39 is 11.6 Å². The molecule has 0 aromatic heterocycles. The molecule has 2 rings (SSSR count). The topological polar surface area (TPSA) is 84.6 Å². The van der Waals surface area contributed by atoms with Gasteiger partial charge in [0.25, 0.3) is 0 Å². The number of carbonyl (C=O) groups is 1. The van der Waals surface area contributed by atoms with Crippen LogP contribution in [0.1, 0.15) is 47.0 Å². The quantitative estimate of drug-likeness (QED) is 0.713. The normalized spacial score (nSPS) is 38.3. The summed E-state index contributed by atoms with van der Waals surface area (Å²) in [6, 6.07) is -0.0812. The van der Waals surface area contributed by atoms with Crippen LogP contribution in [0.25, 0.3) is 0 Å². The highest BCUT2D eigenvalue weighted by Gasteiger charge is 2.70. The molecule has 1 heterocycles. The smallest absolute Gasteiger partial charge is 0.241 e. The van der Waals surface area contributed by atoms with Crippen LogP contribution in [0.5, 0.6) is 0 Å². The average molecular weight is 284 g/mol. The standard InChI is InChI=1S/C15H28N2O3/c1-9(8-10(2)18)17-13(19)15(16)11-6-5-7-20-12(11)14(15,3)4/h9-12,18H,5-8,16H2,1-4H3,(H,17,19). The van der Waals surface area contributed by atoms with Crippen LogP contribution >= 0.6 is 0 Å². The number of hydrogen-bond acceptors (Lipinski definition) is 4. The molecule has 4 N–H and O–H groups in total. The van der Waals surface area contributed by atoms with Crippen LogP contribution in [-0.2, 0) is 9.53 Å². The van der Waals surface area contributed by atoms with Gasteiger partial charge in [0.15, 0.2) is 0 Å². The van der Waals surface area contributed by atoms with Gasteiger partial charge in [0.05, 0.1) is 12.2 Å². The molecule has 1 saturated carbocycles. The van der Waals surface area contributed by atoms with Gasteiger partial charge in [0, 0.05) is 24.0 Å². The molecule has 2 aliphatic rings. The first-order chi connectivity index (χ1) is 9.21. The number of rotatable bonds is 4. The Labute approximate surface area is 121 Å². The third-order valence-corrected chi connectivity index (χ3v) is 5.13. The predicted octanol–water partition coefficient (Wildman–Crippen LogP) is 0.794. The summed E-state index contributed by atoms with van der Waals surface area (Å²) < 4.78 is 5.81. The van der Waals surface area contributed by atoms with Gasteiger partial charge in [-0.05, 0) is 33.1 Å². The Morgan fingerprint density at radius 3 is 2.75 bits per heavy atom. The summed E-state index contributed by atoms with van der Waals surface area (Å²) in [5, 5.41) is 12.4. The van der Waals surface area contributed by atoms with Crippen LogP contribution in [0.3, 0.4) is 0 Å². The molecule has 0 bridgehead atoms. The second-order valence-electron chi connectivity index (χ2n) is 7.09. The van der Waals surface area contributed by atoms with Gasteiger partial charge in [-0.25, -0.2) is 0 Å². The summed E-state index contributed by atoms with van der Waals surface area (Å²) in [6.45, 7) is 8.41. The number of carbonyl (C=O) groups excluding carboxylic acids is 1. The van der Waals surface area contributed by atoms with E-state index in [1.54, 1.807) is 6.92 Å². The minimum atomic E-state index is -0.870. The van der Waals surface area contributed by atoms with Crippen molar-refractivity contribution in [2.24, 2.45) is 17.1 Å². The number of nitrogens with two attached hydrogens (primary N) is 1. The van der Waals surface area contributed by atoms with Crippen LogP contribution in [0.15, 0.2) is 0 Å². The van der Waals surface area contributed by atoms with Crippen LogP contribution in [0, 0.1) is 11.3 Å². The first-order valence-electron chi connectivity index (χ1n) is 7.60. The lowest BCUT2D eigenvalue weighted by Crippen LogP contribution is -2.82. The fourth-order valence-corrected chi connectivity index (χ4v) is 3.95. The van der Waals surface area contributed by atoms with Crippen molar-refractivity contribution < 1.29 is 14.6 Å². The average Bonchev–Trinajstić information content (AvgIpc) is 2.36. The minimum Gasteiger partial charge on any atom is -0.393 e. The van der Waals surface area contributed by atoms with Crippen molar-refractivity contribution in [2.75, 3.05) is 6.61 Å². The largest absolute Gasteiger partial charge is 0.393 e. The highest BCUT2D eigenvalue weighted by molar-refractivity contribution is 5.89. The van der Waals surface area contributed by atoms with Gasteiger partial charge < -0.3 is 20.9 Å². The van der Waals surface area contributed by atoms with Crippen molar-refractivity contribution in [3.63, 3.8) is 0 Å². The lowest BCUT2D eigenvalue weighted by molar-refractivity contribution is -0.225. The van der Waals surface area contributed by atoms with Crippen LogP contribution in [0.4, 0.5) is 0 Å². The molecule has 5 atom stereocenters. The maximum Gasteiger partial charge on any atom is 0.241 e. The number of hydrogen-bond donors (Lipinski definition) is 3. The zero-order valence-electron chi connectivity index (χ0n) is 13.0. The number of ether oxygens (including phenoxy) is 1. The van der Waals surface area contributed by atoms with Crippen molar-refractivity contribution >= 4 is 5.91 Å². The first kappa shape index (κ1) is 15.7. The Morgan fingerprint density at radius 1 is 1.50 bits per heavy atom. The van der Waals surface area contributed by atoms with Gasteiger partial charge in [-0.3, -0.25) is 4.79 Å². The highest BCUT2D eigenvalue weighted by atomic mass is 16.5. The number of fused-ring (bicyclic) bond motifs is 1. The molecule has 20 heavy (non-hydrogen) atoms. The second kappa shape index (κ2) is 5.28. The van der Waals surface area contributed by atoms with Gasteiger partial charge in [0.1, 0.15) is 5.54 Å². The molecule has 0 spiro atoms. The third-order valence-electron chi connectivity index (χ3n) is 5.13. The second-order valence-corrected chi connectivity index (χ2v) is 7.09. The molecule has 0 aromatic carbocycles. The minimum absolute atomic E-state index is 0.0812. The van der Waals surface area contributed by atoms with Crippen LogP contribution < -0.4 is 11.1 Å². The number of aliphatic hydroxyl groups excluding tert-OH is 1. The molecule has 0 radical (unpaired) electrons. The van der Waals surface area contributed by atoms with Gasteiger partial charge in [-0.15, -0.1) is 0 Å². The molecule has 116 valence electrons. The molecule has 5 unspecified atom stereocenters. The van der Waals surface area contributed by atoms with E-state index in [0.717, 1.165) is 19.4 Å². The predicted molar refractivity (Wildman–Crippen MR) is 77.1 cm³/mol. The lowest BCUT2D eigenvalue weighted by atomic mass is 9.46. The maximum atomic E-state index is 12.6. The molecular weight excluding hydrogens is 256 g/mol. The SMILES string of the molecule is CC(O)CC(C)NC(=O)C1(N)C2CCCOC2C1(C)C. The van der Waals surface area contributed by atoms with Crippen LogP contribution in [0.2, 0.25) is 0 Å². The summed E-state index contributed by atoms with van der Waals surface area (Å²) in [5.41, 5.74) is 5.28. The molecule has 1 saturated heterocycles. The summed E-state index contributed by atoms with van der Waals surface area (Å²) in [7, 11) is 0. The number of aliphatic hydroxyl groups is 1. The zero-order chi connectivity index (χ0) is 15.1. The summed E-state index contributed by atoms with van der Waals surface area (Å²) in [4.78, 5) is 12.6. The molecule has 2 fully saturated rings. The summed E-state index contributed by atoms with van der Waals surface area (Å²) in [6.07, 6.45) is 2.10. The summed E-state index contributed by atoms with van der Waals surface area (Å²) in [5.74, 6) is -0.00704. The van der Waals surface area contributed by atoms with Crippen LogP contribution in [-0.4, -0.2) is 41.4 Å². The Hall–Kier alpha value is -0.650. The Bertz CT molecular complexity index is 383. The fraction of sp³-hybridized carbons (Fsp3) is 0.933. The Morgan fingerprint density at radius 2 is 2.15 bits per heavy atom. The van der Waals surface area contributed by atoms with Gasteiger partial charge >= 0.3 is 0 Å².